The third-order valence-electron chi connectivity index (χ3n) is 4.85. The first kappa shape index (κ1) is 21.3. The minimum atomic E-state index is -3.74. The van der Waals surface area contributed by atoms with Crippen molar-refractivity contribution in [2.24, 2.45) is 0 Å². The van der Waals surface area contributed by atoms with Crippen LogP contribution >= 0.6 is 0 Å². The molecule has 162 valence electrons. The highest BCUT2D eigenvalue weighted by atomic mass is 32.2. The van der Waals surface area contributed by atoms with E-state index >= 15 is 0 Å². The third-order valence-corrected chi connectivity index (χ3v) is 6.25. The van der Waals surface area contributed by atoms with Crippen molar-refractivity contribution in [1.82, 2.24) is 20.1 Å². The van der Waals surface area contributed by atoms with E-state index in [0.29, 0.717) is 11.3 Å². The molecule has 32 heavy (non-hydrogen) atoms. The smallest absolute Gasteiger partial charge is 0.261 e. The fraction of sp³-hybridized carbons (Fsp3) is 0.0870. The number of hydrogen-bond donors (Lipinski definition) is 2. The second-order valence-electron chi connectivity index (χ2n) is 7.13. The van der Waals surface area contributed by atoms with Crippen LogP contribution in [0.25, 0.3) is 5.69 Å². The number of carbonyl (C=O) groups is 1. The zero-order valence-corrected chi connectivity index (χ0v) is 18.0. The predicted molar refractivity (Wildman–Crippen MR) is 121 cm³/mol. The van der Waals surface area contributed by atoms with Crippen LogP contribution in [0.1, 0.15) is 28.9 Å². The normalized spacial score (nSPS) is 12.2. The van der Waals surface area contributed by atoms with Crippen molar-refractivity contribution in [2.45, 2.75) is 17.9 Å². The first-order valence-corrected chi connectivity index (χ1v) is 11.3. The standard InChI is InChI=1S/C23H21N5O3S/c1-17(18-10-12-21(13-11-18)28-16-24-15-25-28)26-23(29)19-6-5-7-20(14-19)27-32(30,31)22-8-3-2-4-9-22/h2-17,27H,1H3,(H,26,29). The highest BCUT2D eigenvalue weighted by molar-refractivity contribution is 7.92. The van der Waals surface area contributed by atoms with Crippen LogP contribution in [-0.4, -0.2) is 29.1 Å². The van der Waals surface area contributed by atoms with Gasteiger partial charge in [0.1, 0.15) is 12.7 Å². The van der Waals surface area contributed by atoms with E-state index in [9.17, 15) is 13.2 Å². The molecule has 4 rings (SSSR count). The van der Waals surface area contributed by atoms with E-state index < -0.39 is 10.0 Å². The Balaban J connectivity index is 1.44. The van der Waals surface area contributed by atoms with Gasteiger partial charge in [0.25, 0.3) is 15.9 Å². The fourth-order valence-electron chi connectivity index (χ4n) is 3.16. The highest BCUT2D eigenvalue weighted by Gasteiger charge is 2.16. The van der Waals surface area contributed by atoms with Crippen molar-refractivity contribution in [2.75, 3.05) is 4.72 Å². The van der Waals surface area contributed by atoms with Gasteiger partial charge in [-0.25, -0.2) is 18.1 Å². The van der Waals surface area contributed by atoms with Crippen molar-refractivity contribution in [3.05, 3.63) is 103 Å². The number of rotatable bonds is 7. The van der Waals surface area contributed by atoms with Gasteiger partial charge in [0, 0.05) is 11.3 Å². The Kier molecular flexibility index (Phi) is 6.00. The number of sulfonamides is 1. The van der Waals surface area contributed by atoms with Gasteiger partial charge >= 0.3 is 0 Å². The first-order valence-electron chi connectivity index (χ1n) is 9.86. The summed E-state index contributed by atoms with van der Waals surface area (Å²) in [5, 5.41) is 7.03. The second kappa shape index (κ2) is 9.03. The number of nitrogens with one attached hydrogen (secondary N) is 2. The molecular formula is C23H21N5O3S. The predicted octanol–water partition coefficient (Wildman–Crippen LogP) is 3.56. The Morgan fingerprint density at radius 2 is 1.72 bits per heavy atom. The number of hydrogen-bond acceptors (Lipinski definition) is 5. The molecule has 0 bridgehead atoms. The summed E-state index contributed by atoms with van der Waals surface area (Å²) in [4.78, 5) is 16.8. The number of aromatic nitrogens is 3. The van der Waals surface area contributed by atoms with Crippen LogP contribution in [0.3, 0.4) is 0 Å². The van der Waals surface area contributed by atoms with Crippen LogP contribution in [0.4, 0.5) is 5.69 Å². The molecule has 1 amide bonds. The molecule has 0 aliphatic heterocycles. The van der Waals surface area contributed by atoms with Gasteiger partial charge in [-0.2, -0.15) is 5.10 Å². The average molecular weight is 448 g/mol. The molecule has 1 atom stereocenters. The topological polar surface area (TPSA) is 106 Å². The average Bonchev–Trinajstić information content (AvgIpc) is 3.35. The van der Waals surface area contributed by atoms with Crippen LogP contribution in [0.5, 0.6) is 0 Å². The van der Waals surface area contributed by atoms with E-state index in [4.69, 9.17) is 0 Å². The molecule has 0 saturated heterocycles. The van der Waals surface area contributed by atoms with Crippen LogP contribution in [0.2, 0.25) is 0 Å². The van der Waals surface area contributed by atoms with E-state index in [-0.39, 0.29) is 16.8 Å². The maximum Gasteiger partial charge on any atom is 0.261 e. The molecule has 0 aliphatic rings. The monoisotopic (exact) mass is 447 g/mol. The Labute approximate surface area is 186 Å². The molecule has 0 spiro atoms. The number of carbonyl (C=O) groups excluding carboxylic acids is 1. The van der Waals surface area contributed by atoms with Crippen LogP contribution in [0, 0.1) is 0 Å². The van der Waals surface area contributed by atoms with E-state index in [1.807, 2.05) is 31.2 Å². The summed E-state index contributed by atoms with van der Waals surface area (Å²) < 4.78 is 29.2. The fourth-order valence-corrected chi connectivity index (χ4v) is 4.23. The van der Waals surface area contributed by atoms with E-state index in [1.54, 1.807) is 47.4 Å². The Morgan fingerprint density at radius 3 is 2.41 bits per heavy atom. The van der Waals surface area contributed by atoms with Gasteiger partial charge in [0.2, 0.25) is 0 Å². The maximum atomic E-state index is 12.8. The minimum Gasteiger partial charge on any atom is -0.346 e. The number of anilines is 1. The molecule has 0 aliphatic carbocycles. The zero-order chi connectivity index (χ0) is 22.6. The number of benzene rings is 3. The molecule has 8 nitrogen and oxygen atoms in total. The zero-order valence-electron chi connectivity index (χ0n) is 17.2. The minimum absolute atomic E-state index is 0.151. The molecule has 2 N–H and O–H groups in total. The molecule has 0 radical (unpaired) electrons. The Bertz CT molecular complexity index is 1310. The Morgan fingerprint density at radius 1 is 0.969 bits per heavy atom. The van der Waals surface area contributed by atoms with Crippen LogP contribution in [0.15, 0.2) is 96.4 Å². The maximum absolute atomic E-state index is 12.8. The summed E-state index contributed by atoms with van der Waals surface area (Å²) in [5.41, 5.74) is 2.45. The summed E-state index contributed by atoms with van der Waals surface area (Å²) in [6.45, 7) is 1.88. The van der Waals surface area contributed by atoms with Gasteiger partial charge < -0.3 is 5.32 Å². The SMILES string of the molecule is CC(NC(=O)c1cccc(NS(=O)(=O)c2ccccc2)c1)c1ccc(-n2cncn2)cc1. The largest absolute Gasteiger partial charge is 0.346 e. The molecular weight excluding hydrogens is 426 g/mol. The highest BCUT2D eigenvalue weighted by Crippen LogP contribution is 2.19. The summed E-state index contributed by atoms with van der Waals surface area (Å²) in [6, 6.07) is 21.8. The lowest BCUT2D eigenvalue weighted by Crippen LogP contribution is -2.26. The summed E-state index contributed by atoms with van der Waals surface area (Å²) in [7, 11) is -3.74. The quantitative estimate of drug-likeness (QED) is 0.451. The summed E-state index contributed by atoms with van der Waals surface area (Å²) >= 11 is 0. The van der Waals surface area contributed by atoms with Crippen molar-refractivity contribution >= 4 is 21.6 Å². The number of nitrogens with zero attached hydrogens (tertiary/aromatic N) is 3. The van der Waals surface area contributed by atoms with E-state index in [0.717, 1.165) is 11.3 Å². The lowest BCUT2D eigenvalue weighted by Gasteiger charge is -2.15. The molecule has 1 unspecified atom stereocenters. The van der Waals surface area contributed by atoms with Gasteiger partial charge in [0.15, 0.2) is 0 Å². The van der Waals surface area contributed by atoms with Gasteiger partial charge in [-0.05, 0) is 55.0 Å². The molecule has 0 saturated carbocycles. The van der Waals surface area contributed by atoms with E-state index in [1.165, 1.54) is 24.5 Å². The molecule has 9 heteroatoms. The van der Waals surface area contributed by atoms with Gasteiger partial charge in [-0.3, -0.25) is 9.52 Å². The Hall–Kier alpha value is -3.98. The van der Waals surface area contributed by atoms with Crippen LogP contribution in [-0.2, 0) is 10.0 Å². The van der Waals surface area contributed by atoms with Gasteiger partial charge in [0.05, 0.1) is 16.6 Å². The number of amides is 1. The van der Waals surface area contributed by atoms with Gasteiger partial charge in [-0.1, -0.05) is 36.4 Å². The third kappa shape index (κ3) is 4.84. The first-order chi connectivity index (χ1) is 15.4. The molecule has 1 heterocycles. The van der Waals surface area contributed by atoms with Crippen molar-refractivity contribution < 1.29 is 13.2 Å². The summed E-state index contributed by atoms with van der Waals surface area (Å²) in [6.07, 6.45) is 3.07. The molecule has 4 aromatic rings. The van der Waals surface area contributed by atoms with Crippen molar-refractivity contribution in [3.63, 3.8) is 0 Å². The molecule has 0 fully saturated rings. The van der Waals surface area contributed by atoms with E-state index in [2.05, 4.69) is 20.1 Å². The lowest BCUT2D eigenvalue weighted by atomic mass is 10.1. The second-order valence-corrected chi connectivity index (χ2v) is 8.81. The molecule has 1 aromatic heterocycles. The van der Waals surface area contributed by atoms with Crippen molar-refractivity contribution in [3.8, 4) is 5.69 Å². The molecule has 3 aromatic carbocycles. The lowest BCUT2D eigenvalue weighted by molar-refractivity contribution is 0.0940. The van der Waals surface area contributed by atoms with Gasteiger partial charge in [-0.15, -0.1) is 0 Å². The van der Waals surface area contributed by atoms with Crippen LogP contribution < -0.4 is 10.0 Å². The van der Waals surface area contributed by atoms with Crippen molar-refractivity contribution in [1.29, 1.82) is 0 Å². The summed E-state index contributed by atoms with van der Waals surface area (Å²) in [5.74, 6) is -0.307.